The first-order valence-electron chi connectivity index (χ1n) is 6.25. The first kappa shape index (κ1) is 12.7. The minimum atomic E-state index is -0.321. The molecule has 0 spiro atoms. The van der Waals surface area contributed by atoms with Gasteiger partial charge in [-0.25, -0.2) is 0 Å². The summed E-state index contributed by atoms with van der Waals surface area (Å²) in [4.78, 5) is 0. The molecule has 1 aromatic carbocycles. The van der Waals surface area contributed by atoms with E-state index in [0.717, 1.165) is 6.54 Å². The molecule has 0 bridgehead atoms. The molecule has 2 heteroatoms. The van der Waals surface area contributed by atoms with Gasteiger partial charge in [0.15, 0.2) is 0 Å². The van der Waals surface area contributed by atoms with Gasteiger partial charge in [0, 0.05) is 18.9 Å². The number of hydrogen-bond donors (Lipinski definition) is 1. The van der Waals surface area contributed by atoms with Crippen molar-refractivity contribution in [1.82, 2.24) is 4.57 Å². The molecule has 0 fully saturated rings. The van der Waals surface area contributed by atoms with E-state index in [9.17, 15) is 5.11 Å². The van der Waals surface area contributed by atoms with E-state index in [4.69, 9.17) is 0 Å². The highest BCUT2D eigenvalue weighted by Crippen LogP contribution is 2.10. The van der Waals surface area contributed by atoms with Gasteiger partial charge in [-0.1, -0.05) is 30.3 Å². The van der Waals surface area contributed by atoms with Crippen molar-refractivity contribution in [2.24, 2.45) is 0 Å². The van der Waals surface area contributed by atoms with Crippen molar-refractivity contribution >= 4 is 0 Å². The zero-order valence-corrected chi connectivity index (χ0v) is 10.5. The molecule has 2 rings (SSSR count). The van der Waals surface area contributed by atoms with Crippen molar-refractivity contribution in [2.45, 2.75) is 25.5 Å². The summed E-state index contributed by atoms with van der Waals surface area (Å²) in [6.45, 7) is 4.53. The summed E-state index contributed by atoms with van der Waals surface area (Å²) in [5, 5.41) is 9.70. The lowest BCUT2D eigenvalue weighted by Gasteiger charge is -2.09. The van der Waals surface area contributed by atoms with Crippen molar-refractivity contribution in [3.8, 4) is 0 Å². The van der Waals surface area contributed by atoms with Gasteiger partial charge in [-0.05, 0) is 36.1 Å². The van der Waals surface area contributed by atoms with Crippen LogP contribution in [0, 0.1) is 0 Å². The van der Waals surface area contributed by atoms with Crippen LogP contribution in [0.1, 0.15) is 17.5 Å². The van der Waals surface area contributed by atoms with Gasteiger partial charge in [0.05, 0.1) is 6.10 Å². The Balaban J connectivity index is 1.95. The number of aliphatic hydroxyl groups is 1. The molecule has 18 heavy (non-hydrogen) atoms. The van der Waals surface area contributed by atoms with Crippen molar-refractivity contribution in [2.75, 3.05) is 0 Å². The molecule has 1 aromatic heterocycles. The second kappa shape index (κ2) is 6.22. The Morgan fingerprint density at radius 3 is 2.33 bits per heavy atom. The van der Waals surface area contributed by atoms with Crippen LogP contribution in [0.25, 0.3) is 0 Å². The van der Waals surface area contributed by atoms with Crippen molar-refractivity contribution in [1.29, 1.82) is 0 Å². The molecular weight excluding hydrogens is 222 g/mol. The molecule has 0 unspecified atom stereocenters. The number of hydrogen-bond acceptors (Lipinski definition) is 1. The smallest absolute Gasteiger partial charge is 0.0614 e. The molecule has 94 valence electrons. The van der Waals surface area contributed by atoms with Crippen LogP contribution in [0.3, 0.4) is 0 Å². The van der Waals surface area contributed by atoms with Gasteiger partial charge < -0.3 is 9.67 Å². The van der Waals surface area contributed by atoms with Crippen LogP contribution in [-0.2, 0) is 13.0 Å². The van der Waals surface area contributed by atoms with Crippen molar-refractivity contribution in [3.63, 3.8) is 0 Å². The third-order valence-corrected chi connectivity index (χ3v) is 2.96. The van der Waals surface area contributed by atoms with Gasteiger partial charge in [0.1, 0.15) is 0 Å². The largest absolute Gasteiger partial charge is 0.392 e. The summed E-state index contributed by atoms with van der Waals surface area (Å²) >= 11 is 0. The van der Waals surface area contributed by atoms with E-state index in [2.05, 4.69) is 47.8 Å². The highest BCUT2D eigenvalue weighted by Gasteiger charge is 2.03. The third-order valence-electron chi connectivity index (χ3n) is 2.96. The van der Waals surface area contributed by atoms with Crippen LogP contribution in [0.2, 0.25) is 0 Å². The van der Waals surface area contributed by atoms with Gasteiger partial charge >= 0.3 is 0 Å². The highest BCUT2D eigenvalue weighted by molar-refractivity contribution is 5.23. The van der Waals surface area contributed by atoms with Crippen LogP contribution in [0.5, 0.6) is 0 Å². The summed E-state index contributed by atoms with van der Waals surface area (Å²) < 4.78 is 2.14. The van der Waals surface area contributed by atoms with Gasteiger partial charge in [-0.3, -0.25) is 0 Å². The lowest BCUT2D eigenvalue weighted by molar-refractivity contribution is 0.178. The van der Waals surface area contributed by atoms with Crippen molar-refractivity contribution < 1.29 is 5.11 Å². The van der Waals surface area contributed by atoms with Crippen LogP contribution in [-0.4, -0.2) is 15.8 Å². The normalized spacial score (nSPS) is 12.3. The Bertz CT molecular complexity index is 470. The Hall–Kier alpha value is -1.80. The van der Waals surface area contributed by atoms with E-state index in [-0.39, 0.29) is 6.10 Å². The van der Waals surface area contributed by atoms with Crippen LogP contribution < -0.4 is 0 Å². The predicted octanol–water partition coefficient (Wildman–Crippen LogP) is 3.02. The average molecular weight is 241 g/mol. The molecule has 2 nitrogen and oxygen atoms in total. The van der Waals surface area contributed by atoms with Crippen LogP contribution in [0.15, 0.2) is 61.4 Å². The molecule has 0 aliphatic heterocycles. The quantitative estimate of drug-likeness (QED) is 0.773. The fourth-order valence-corrected chi connectivity index (χ4v) is 2.01. The Labute approximate surface area is 108 Å². The minimum absolute atomic E-state index is 0.321. The SMILES string of the molecule is C=CC[C@H](O)Cc1ccc(Cn2cccc2)cc1. The van der Waals surface area contributed by atoms with E-state index in [1.807, 2.05) is 12.1 Å². The van der Waals surface area contributed by atoms with Gasteiger partial charge in [-0.2, -0.15) is 0 Å². The van der Waals surface area contributed by atoms with E-state index in [1.54, 1.807) is 6.08 Å². The number of benzene rings is 1. The first-order valence-corrected chi connectivity index (χ1v) is 6.25. The summed E-state index contributed by atoms with van der Waals surface area (Å²) in [5.74, 6) is 0. The Morgan fingerprint density at radius 2 is 1.72 bits per heavy atom. The highest BCUT2D eigenvalue weighted by atomic mass is 16.3. The Kier molecular flexibility index (Phi) is 4.37. The lowest BCUT2D eigenvalue weighted by atomic mass is 10.0. The summed E-state index contributed by atoms with van der Waals surface area (Å²) in [6, 6.07) is 12.5. The molecule has 0 saturated carbocycles. The standard InChI is InChI=1S/C16H19NO/c1-2-5-16(18)12-14-6-8-15(9-7-14)13-17-10-3-4-11-17/h2-4,6-11,16,18H,1,5,12-13H2/t16-/m0/s1. The molecule has 1 heterocycles. The molecule has 1 N–H and O–H groups in total. The summed E-state index contributed by atoms with van der Waals surface area (Å²) in [5.41, 5.74) is 2.44. The molecule has 0 aliphatic rings. The summed E-state index contributed by atoms with van der Waals surface area (Å²) in [7, 11) is 0. The number of aromatic nitrogens is 1. The van der Waals surface area contributed by atoms with E-state index < -0.39 is 0 Å². The molecule has 1 atom stereocenters. The van der Waals surface area contributed by atoms with E-state index >= 15 is 0 Å². The zero-order valence-electron chi connectivity index (χ0n) is 10.5. The van der Waals surface area contributed by atoms with Crippen molar-refractivity contribution in [3.05, 3.63) is 72.6 Å². The lowest BCUT2D eigenvalue weighted by Crippen LogP contribution is -2.08. The number of nitrogens with zero attached hydrogens (tertiary/aromatic N) is 1. The van der Waals surface area contributed by atoms with E-state index in [0.29, 0.717) is 12.8 Å². The van der Waals surface area contributed by atoms with Gasteiger partial charge in [-0.15, -0.1) is 6.58 Å². The van der Waals surface area contributed by atoms with Crippen LogP contribution >= 0.6 is 0 Å². The molecule has 0 aliphatic carbocycles. The molecule has 0 saturated heterocycles. The minimum Gasteiger partial charge on any atom is -0.392 e. The zero-order chi connectivity index (χ0) is 12.8. The molecular formula is C16H19NO. The number of rotatable bonds is 6. The first-order chi connectivity index (χ1) is 8.78. The molecule has 0 amide bonds. The second-order valence-electron chi connectivity index (χ2n) is 4.55. The maximum Gasteiger partial charge on any atom is 0.0614 e. The third kappa shape index (κ3) is 3.60. The maximum atomic E-state index is 9.70. The second-order valence-corrected chi connectivity index (χ2v) is 4.55. The Morgan fingerprint density at radius 1 is 1.11 bits per heavy atom. The predicted molar refractivity (Wildman–Crippen MR) is 74.5 cm³/mol. The molecule has 2 aromatic rings. The summed E-state index contributed by atoms with van der Waals surface area (Å²) in [6.07, 6.45) is 6.88. The maximum absolute atomic E-state index is 9.70. The van der Waals surface area contributed by atoms with Gasteiger partial charge in [0.25, 0.3) is 0 Å². The fraction of sp³-hybridized carbons (Fsp3) is 0.250. The fourth-order valence-electron chi connectivity index (χ4n) is 2.01. The molecule has 0 radical (unpaired) electrons. The monoisotopic (exact) mass is 241 g/mol. The average Bonchev–Trinajstić information content (AvgIpc) is 2.85. The topological polar surface area (TPSA) is 25.2 Å². The van der Waals surface area contributed by atoms with Crippen LogP contribution in [0.4, 0.5) is 0 Å². The van der Waals surface area contributed by atoms with Gasteiger partial charge in [0.2, 0.25) is 0 Å². The van der Waals surface area contributed by atoms with E-state index in [1.165, 1.54) is 11.1 Å². The number of aliphatic hydroxyl groups excluding tert-OH is 1.